The van der Waals surface area contributed by atoms with Crippen molar-refractivity contribution in [1.29, 1.82) is 0 Å². The number of unbranched alkanes of at least 4 members (excludes halogenated alkanes) is 4. The summed E-state index contributed by atoms with van der Waals surface area (Å²) < 4.78 is 0. The molecule has 0 bridgehead atoms. The maximum Gasteiger partial charge on any atom is 0.123 e. The summed E-state index contributed by atoms with van der Waals surface area (Å²) in [6, 6.07) is 0. The summed E-state index contributed by atoms with van der Waals surface area (Å²) in [5.74, 6) is 0. The van der Waals surface area contributed by atoms with E-state index in [0.717, 1.165) is 12.7 Å². The summed E-state index contributed by atoms with van der Waals surface area (Å²) in [5, 5.41) is 0. The van der Waals surface area contributed by atoms with Crippen LogP contribution in [0.1, 0.15) is 51.9 Å². The van der Waals surface area contributed by atoms with Gasteiger partial charge in [-0.05, 0) is 19.3 Å². The van der Waals surface area contributed by atoms with Crippen LogP contribution in [0.25, 0.3) is 0 Å². The monoisotopic (exact) mass is 194 g/mol. The van der Waals surface area contributed by atoms with Crippen LogP contribution >= 0.6 is 0 Å². The van der Waals surface area contributed by atoms with Crippen LogP contribution < -0.4 is 0 Å². The van der Waals surface area contributed by atoms with Crippen molar-refractivity contribution in [2.24, 2.45) is 0 Å². The molecular formula is C13H22O. The molecule has 0 fully saturated rings. The molecule has 0 radical (unpaired) electrons. The van der Waals surface area contributed by atoms with E-state index in [1.165, 1.54) is 32.1 Å². The minimum atomic E-state index is 0.546. The van der Waals surface area contributed by atoms with Crippen LogP contribution in [0, 0.1) is 0 Å². The van der Waals surface area contributed by atoms with Crippen molar-refractivity contribution in [3.05, 3.63) is 24.3 Å². The molecule has 14 heavy (non-hydrogen) atoms. The smallest absolute Gasteiger partial charge is 0.123 e. The van der Waals surface area contributed by atoms with Gasteiger partial charge in [-0.3, -0.25) is 0 Å². The number of hydrogen-bond acceptors (Lipinski definition) is 1. The number of allylic oxidation sites excluding steroid dienone is 4. The van der Waals surface area contributed by atoms with Crippen LogP contribution in [0.15, 0.2) is 24.3 Å². The second kappa shape index (κ2) is 12.2. The zero-order chi connectivity index (χ0) is 10.5. The van der Waals surface area contributed by atoms with Crippen LogP contribution in [0.3, 0.4) is 0 Å². The first kappa shape index (κ1) is 13.2. The van der Waals surface area contributed by atoms with Gasteiger partial charge in [0.15, 0.2) is 0 Å². The number of rotatable bonds is 9. The molecule has 0 saturated carbocycles. The maximum absolute atomic E-state index is 9.97. The maximum atomic E-state index is 9.97. The Morgan fingerprint density at radius 2 is 1.57 bits per heavy atom. The number of hydrogen-bond donors (Lipinski definition) is 0. The lowest BCUT2D eigenvalue weighted by atomic mass is 10.1. The van der Waals surface area contributed by atoms with Crippen molar-refractivity contribution in [2.75, 3.05) is 0 Å². The zero-order valence-electron chi connectivity index (χ0n) is 9.24. The summed E-state index contributed by atoms with van der Waals surface area (Å²) >= 11 is 0. The molecule has 0 aliphatic heterocycles. The predicted molar refractivity (Wildman–Crippen MR) is 62.3 cm³/mol. The van der Waals surface area contributed by atoms with Gasteiger partial charge in [-0.1, -0.05) is 50.5 Å². The van der Waals surface area contributed by atoms with E-state index < -0.39 is 0 Å². The largest absolute Gasteiger partial charge is 0.303 e. The second-order valence-electron chi connectivity index (χ2n) is 3.43. The Morgan fingerprint density at radius 3 is 2.29 bits per heavy atom. The Bertz CT molecular complexity index is 168. The van der Waals surface area contributed by atoms with Gasteiger partial charge in [0.05, 0.1) is 0 Å². The van der Waals surface area contributed by atoms with Crippen molar-refractivity contribution < 1.29 is 4.79 Å². The number of carbonyl (C=O) groups excluding carboxylic acids is 1. The Kier molecular flexibility index (Phi) is 11.4. The molecule has 0 aliphatic carbocycles. The van der Waals surface area contributed by atoms with Gasteiger partial charge in [-0.15, -0.1) is 0 Å². The molecule has 1 heteroatoms. The Morgan fingerprint density at radius 1 is 0.857 bits per heavy atom. The standard InChI is InChI=1S/C13H22O/c1-2-3-4-5-6-7-8-9-10-11-12-13-14/h7-8,10-11,13H,2-6,9,12H2,1H3. The molecule has 0 amide bonds. The lowest BCUT2D eigenvalue weighted by molar-refractivity contribution is -0.107. The third-order valence-electron chi connectivity index (χ3n) is 2.06. The fourth-order valence-electron chi connectivity index (χ4n) is 1.23. The van der Waals surface area contributed by atoms with Crippen LogP contribution in [0.2, 0.25) is 0 Å². The average Bonchev–Trinajstić information content (AvgIpc) is 2.21. The number of aldehydes is 1. The fraction of sp³-hybridized carbons (Fsp3) is 0.615. The first-order valence-corrected chi connectivity index (χ1v) is 5.65. The second-order valence-corrected chi connectivity index (χ2v) is 3.43. The first-order chi connectivity index (χ1) is 6.91. The van der Waals surface area contributed by atoms with E-state index >= 15 is 0 Å². The van der Waals surface area contributed by atoms with Crippen molar-refractivity contribution in [3.63, 3.8) is 0 Å². The molecule has 0 atom stereocenters. The lowest BCUT2D eigenvalue weighted by Crippen LogP contribution is -1.73. The molecule has 0 spiro atoms. The lowest BCUT2D eigenvalue weighted by Gasteiger charge is -1.93. The topological polar surface area (TPSA) is 17.1 Å². The van der Waals surface area contributed by atoms with Crippen molar-refractivity contribution in [1.82, 2.24) is 0 Å². The first-order valence-electron chi connectivity index (χ1n) is 5.65. The minimum Gasteiger partial charge on any atom is -0.303 e. The zero-order valence-corrected chi connectivity index (χ0v) is 9.24. The van der Waals surface area contributed by atoms with E-state index in [1.54, 1.807) is 0 Å². The van der Waals surface area contributed by atoms with Gasteiger partial charge in [-0.2, -0.15) is 0 Å². The molecule has 1 nitrogen and oxygen atoms in total. The highest BCUT2D eigenvalue weighted by Gasteiger charge is 1.83. The van der Waals surface area contributed by atoms with E-state index in [4.69, 9.17) is 0 Å². The molecule has 80 valence electrons. The van der Waals surface area contributed by atoms with Gasteiger partial charge in [0, 0.05) is 6.42 Å². The van der Waals surface area contributed by atoms with E-state index in [9.17, 15) is 4.79 Å². The fourth-order valence-corrected chi connectivity index (χ4v) is 1.23. The molecule has 0 aliphatic rings. The van der Waals surface area contributed by atoms with Crippen LogP contribution in [-0.4, -0.2) is 6.29 Å². The van der Waals surface area contributed by atoms with Gasteiger partial charge in [0.2, 0.25) is 0 Å². The van der Waals surface area contributed by atoms with Crippen LogP contribution in [0.5, 0.6) is 0 Å². The van der Waals surface area contributed by atoms with Crippen molar-refractivity contribution in [2.45, 2.75) is 51.9 Å². The highest BCUT2D eigenvalue weighted by Crippen LogP contribution is 2.03. The van der Waals surface area contributed by atoms with Crippen LogP contribution in [0.4, 0.5) is 0 Å². The Balaban J connectivity index is 3.14. The van der Waals surface area contributed by atoms with Gasteiger partial charge in [0.25, 0.3) is 0 Å². The van der Waals surface area contributed by atoms with Gasteiger partial charge < -0.3 is 4.79 Å². The minimum absolute atomic E-state index is 0.546. The van der Waals surface area contributed by atoms with Gasteiger partial charge in [0.1, 0.15) is 6.29 Å². The Hall–Kier alpha value is -0.850. The predicted octanol–water partition coefficient (Wildman–Crippen LogP) is 4.05. The van der Waals surface area contributed by atoms with Crippen LogP contribution in [-0.2, 0) is 4.79 Å². The van der Waals surface area contributed by atoms with E-state index in [-0.39, 0.29) is 0 Å². The molecule has 0 saturated heterocycles. The van der Waals surface area contributed by atoms with E-state index in [1.807, 2.05) is 12.2 Å². The normalized spacial score (nSPS) is 11.5. The summed E-state index contributed by atoms with van der Waals surface area (Å²) in [4.78, 5) is 9.97. The van der Waals surface area contributed by atoms with Gasteiger partial charge in [-0.25, -0.2) is 0 Å². The molecule has 0 aromatic heterocycles. The van der Waals surface area contributed by atoms with E-state index in [0.29, 0.717) is 6.42 Å². The van der Waals surface area contributed by atoms with Gasteiger partial charge >= 0.3 is 0 Å². The van der Waals surface area contributed by atoms with E-state index in [2.05, 4.69) is 19.1 Å². The van der Waals surface area contributed by atoms with Crippen molar-refractivity contribution in [3.8, 4) is 0 Å². The molecular weight excluding hydrogens is 172 g/mol. The summed E-state index contributed by atoms with van der Waals surface area (Å²) in [7, 11) is 0. The quantitative estimate of drug-likeness (QED) is 0.307. The summed E-state index contributed by atoms with van der Waals surface area (Å²) in [6.07, 6.45) is 17.3. The third kappa shape index (κ3) is 11.2. The van der Waals surface area contributed by atoms with Crippen molar-refractivity contribution >= 4 is 6.29 Å². The SMILES string of the molecule is CCCCCCC=CCC=CCC=O. The highest BCUT2D eigenvalue weighted by atomic mass is 16.1. The molecule has 0 unspecified atom stereocenters. The average molecular weight is 194 g/mol. The molecule has 0 heterocycles. The summed E-state index contributed by atoms with van der Waals surface area (Å²) in [6.45, 7) is 2.23. The summed E-state index contributed by atoms with van der Waals surface area (Å²) in [5.41, 5.74) is 0. The Labute approximate surface area is 87.9 Å². The third-order valence-corrected chi connectivity index (χ3v) is 2.06. The molecule has 0 aromatic rings. The highest BCUT2D eigenvalue weighted by molar-refractivity contribution is 5.51. The molecule has 0 rings (SSSR count). The molecule has 0 aromatic carbocycles. The molecule has 0 N–H and O–H groups in total. The number of carbonyl (C=O) groups is 1.